The Morgan fingerprint density at radius 1 is 0.880 bits per heavy atom. The Labute approximate surface area is 145 Å². The number of benzene rings is 3. The van der Waals surface area contributed by atoms with E-state index in [4.69, 9.17) is 4.74 Å². The fourth-order valence-electron chi connectivity index (χ4n) is 3.40. The van der Waals surface area contributed by atoms with Crippen LogP contribution in [0.15, 0.2) is 78.9 Å². The van der Waals surface area contributed by atoms with Crippen LogP contribution < -0.4 is 4.74 Å². The van der Waals surface area contributed by atoms with E-state index in [1.165, 1.54) is 0 Å². The smallest absolute Gasteiger partial charge is 0.242 e. The molecule has 0 bridgehead atoms. The van der Waals surface area contributed by atoms with Crippen LogP contribution in [0.5, 0.6) is 5.75 Å². The number of methoxy groups -OCH3 is 1. The Hall–Kier alpha value is -3.11. The number of aliphatic hydroxyl groups is 1. The number of fused-ring (bicyclic) bond motifs is 1. The van der Waals surface area contributed by atoms with Gasteiger partial charge >= 0.3 is 0 Å². The van der Waals surface area contributed by atoms with E-state index < -0.39 is 5.60 Å². The number of para-hydroxylation sites is 1. The molecule has 4 nitrogen and oxygen atoms in total. The fourth-order valence-corrected chi connectivity index (χ4v) is 3.40. The Morgan fingerprint density at radius 3 is 2.20 bits per heavy atom. The first-order valence-corrected chi connectivity index (χ1v) is 8.03. The van der Waals surface area contributed by atoms with E-state index in [9.17, 15) is 10.3 Å². The molecule has 3 aromatic rings. The maximum absolute atomic E-state index is 13.0. The lowest BCUT2D eigenvalue weighted by molar-refractivity contribution is -0.358. The van der Waals surface area contributed by atoms with E-state index in [2.05, 4.69) is 0 Å². The predicted octanol–water partition coefficient (Wildman–Crippen LogP) is 3.58. The highest BCUT2D eigenvalue weighted by atomic mass is 16.5. The first-order valence-electron chi connectivity index (χ1n) is 8.03. The zero-order valence-corrected chi connectivity index (χ0v) is 13.7. The molecule has 0 saturated heterocycles. The maximum Gasteiger partial charge on any atom is 0.242 e. The molecule has 1 aliphatic heterocycles. The van der Waals surface area contributed by atoms with Crippen LogP contribution in [-0.4, -0.2) is 22.7 Å². The van der Waals surface area contributed by atoms with E-state index in [1.807, 2.05) is 36.4 Å². The summed E-state index contributed by atoms with van der Waals surface area (Å²) in [5.41, 5.74) is 1.13. The standard InChI is InChI=1S/C21H17NO3/c1-25-17-13-11-16(12-14-17)21(23)18-9-5-6-10-19(18)22(24)20(21)15-7-3-2-4-8-15/h2-14,23H,1H3. The second kappa shape index (κ2) is 5.76. The second-order valence-electron chi connectivity index (χ2n) is 5.97. The van der Waals surface area contributed by atoms with Crippen LogP contribution in [0.3, 0.4) is 0 Å². The van der Waals surface area contributed by atoms with E-state index in [-0.39, 0.29) is 0 Å². The largest absolute Gasteiger partial charge is 0.618 e. The summed E-state index contributed by atoms with van der Waals surface area (Å²) in [6.07, 6.45) is 0. The van der Waals surface area contributed by atoms with Gasteiger partial charge in [-0.15, -0.1) is 0 Å². The van der Waals surface area contributed by atoms with Crippen molar-refractivity contribution in [2.45, 2.75) is 5.60 Å². The van der Waals surface area contributed by atoms with E-state index in [0.717, 1.165) is 4.74 Å². The lowest BCUT2D eigenvalue weighted by Gasteiger charge is -2.23. The van der Waals surface area contributed by atoms with Gasteiger partial charge in [0.05, 0.1) is 12.7 Å². The predicted molar refractivity (Wildman–Crippen MR) is 96.3 cm³/mol. The average Bonchev–Trinajstić information content (AvgIpc) is 2.91. The van der Waals surface area contributed by atoms with Crippen molar-refractivity contribution in [2.24, 2.45) is 0 Å². The molecule has 1 heterocycles. The fraction of sp³-hybridized carbons (Fsp3) is 0.0952. The van der Waals surface area contributed by atoms with Crippen LogP contribution in [0.25, 0.3) is 0 Å². The van der Waals surface area contributed by atoms with Crippen molar-refractivity contribution in [1.82, 2.24) is 0 Å². The third-order valence-corrected chi connectivity index (χ3v) is 4.61. The Morgan fingerprint density at radius 2 is 1.52 bits per heavy atom. The molecule has 25 heavy (non-hydrogen) atoms. The number of hydrogen-bond acceptors (Lipinski definition) is 3. The van der Waals surface area contributed by atoms with Crippen LogP contribution in [0.2, 0.25) is 0 Å². The van der Waals surface area contributed by atoms with Crippen LogP contribution in [0, 0.1) is 5.21 Å². The van der Waals surface area contributed by atoms with Gasteiger partial charge in [-0.3, -0.25) is 0 Å². The summed E-state index contributed by atoms with van der Waals surface area (Å²) < 4.78 is 6.03. The van der Waals surface area contributed by atoms with Gasteiger partial charge in [0.15, 0.2) is 0 Å². The van der Waals surface area contributed by atoms with Gasteiger partial charge in [-0.05, 0) is 35.9 Å². The number of rotatable bonds is 3. The minimum atomic E-state index is -1.52. The van der Waals surface area contributed by atoms with Crippen molar-refractivity contribution in [1.29, 1.82) is 0 Å². The van der Waals surface area contributed by atoms with Gasteiger partial charge in [0.25, 0.3) is 0 Å². The second-order valence-corrected chi connectivity index (χ2v) is 5.97. The minimum absolute atomic E-state index is 0.305. The molecule has 0 spiro atoms. The number of nitrogens with zero attached hydrogens (tertiary/aromatic N) is 1. The lowest BCUT2D eigenvalue weighted by atomic mass is 9.81. The maximum atomic E-state index is 13.0. The molecule has 3 aromatic carbocycles. The minimum Gasteiger partial charge on any atom is -0.618 e. The van der Waals surface area contributed by atoms with Crippen molar-refractivity contribution in [2.75, 3.05) is 7.11 Å². The molecule has 1 atom stereocenters. The zero-order chi connectivity index (χ0) is 17.4. The molecule has 0 radical (unpaired) electrons. The molecule has 0 fully saturated rings. The molecule has 4 rings (SSSR count). The van der Waals surface area contributed by atoms with Gasteiger partial charge in [0.2, 0.25) is 17.0 Å². The van der Waals surface area contributed by atoms with Crippen molar-refractivity contribution >= 4 is 11.4 Å². The highest BCUT2D eigenvalue weighted by Gasteiger charge is 2.51. The summed E-state index contributed by atoms with van der Waals surface area (Å²) in [4.78, 5) is 0. The highest BCUT2D eigenvalue weighted by Crippen LogP contribution is 2.44. The van der Waals surface area contributed by atoms with E-state index in [1.54, 1.807) is 49.6 Å². The molecule has 0 saturated carbocycles. The third kappa shape index (κ3) is 2.22. The number of hydrogen-bond donors (Lipinski definition) is 1. The molecule has 0 aromatic heterocycles. The molecule has 1 N–H and O–H groups in total. The number of ether oxygens (including phenoxy) is 1. The van der Waals surface area contributed by atoms with Gasteiger partial charge in [0, 0.05) is 11.6 Å². The summed E-state index contributed by atoms with van der Waals surface area (Å²) >= 11 is 0. The summed E-state index contributed by atoms with van der Waals surface area (Å²) in [6.45, 7) is 0. The third-order valence-electron chi connectivity index (χ3n) is 4.61. The summed E-state index contributed by atoms with van der Waals surface area (Å²) in [5, 5.41) is 24.7. The summed E-state index contributed by atoms with van der Waals surface area (Å²) in [6, 6.07) is 23.6. The van der Waals surface area contributed by atoms with Crippen molar-refractivity contribution < 1.29 is 14.6 Å². The topological polar surface area (TPSA) is 55.5 Å². The van der Waals surface area contributed by atoms with Gasteiger partial charge in [-0.1, -0.05) is 42.5 Å². The first-order chi connectivity index (χ1) is 12.2. The first kappa shape index (κ1) is 15.4. The van der Waals surface area contributed by atoms with Crippen LogP contribution in [0.4, 0.5) is 5.69 Å². The molecule has 0 amide bonds. The molecule has 0 aliphatic carbocycles. The monoisotopic (exact) mass is 331 g/mol. The quantitative estimate of drug-likeness (QED) is 0.589. The molecule has 4 heteroatoms. The molecule has 1 unspecified atom stereocenters. The molecular formula is C21H17NO3. The Balaban J connectivity index is 1.99. The van der Waals surface area contributed by atoms with Crippen molar-refractivity contribution in [3.8, 4) is 5.75 Å². The Kier molecular flexibility index (Phi) is 3.55. The lowest BCUT2D eigenvalue weighted by Crippen LogP contribution is -2.36. The van der Waals surface area contributed by atoms with E-state index in [0.29, 0.717) is 33.8 Å². The van der Waals surface area contributed by atoms with Crippen molar-refractivity contribution in [3.63, 3.8) is 0 Å². The van der Waals surface area contributed by atoms with Gasteiger partial charge < -0.3 is 15.1 Å². The van der Waals surface area contributed by atoms with Crippen LogP contribution in [-0.2, 0) is 5.60 Å². The van der Waals surface area contributed by atoms with E-state index >= 15 is 0 Å². The van der Waals surface area contributed by atoms with Gasteiger partial charge in [-0.25, -0.2) is 0 Å². The molecular weight excluding hydrogens is 314 g/mol. The average molecular weight is 331 g/mol. The summed E-state index contributed by atoms with van der Waals surface area (Å²) in [5.74, 6) is 0.693. The SMILES string of the molecule is COc1ccc(C2(O)C(c3ccccc3)=[N+]([O-])c3ccccc32)cc1. The van der Waals surface area contributed by atoms with Crippen molar-refractivity contribution in [3.05, 3.63) is 101 Å². The Bertz CT molecular complexity index is 948. The van der Waals surface area contributed by atoms with Crippen LogP contribution >= 0.6 is 0 Å². The molecule has 124 valence electrons. The van der Waals surface area contributed by atoms with Gasteiger partial charge in [-0.2, -0.15) is 4.74 Å². The van der Waals surface area contributed by atoms with Gasteiger partial charge in [0.1, 0.15) is 5.75 Å². The van der Waals surface area contributed by atoms with Crippen LogP contribution in [0.1, 0.15) is 16.7 Å². The zero-order valence-electron chi connectivity index (χ0n) is 13.7. The highest BCUT2D eigenvalue weighted by molar-refractivity contribution is 6.08. The molecule has 1 aliphatic rings. The normalized spacial score (nSPS) is 19.0. The summed E-state index contributed by atoms with van der Waals surface area (Å²) in [7, 11) is 1.59.